The summed E-state index contributed by atoms with van der Waals surface area (Å²) in [6.07, 6.45) is 3.34. The van der Waals surface area contributed by atoms with Crippen molar-refractivity contribution >= 4 is 0 Å². The van der Waals surface area contributed by atoms with Crippen LogP contribution in [0, 0.1) is 11.8 Å². The van der Waals surface area contributed by atoms with E-state index in [4.69, 9.17) is 4.74 Å². The summed E-state index contributed by atoms with van der Waals surface area (Å²) in [5.74, 6) is 2.41. The van der Waals surface area contributed by atoms with Gasteiger partial charge in [0.2, 0.25) is 0 Å². The molecule has 2 fully saturated rings. The topological polar surface area (TPSA) is 12.5 Å². The Balaban J connectivity index is 1.50. The molecule has 1 aliphatic carbocycles. The highest BCUT2D eigenvalue weighted by molar-refractivity contribution is 4.90. The average Bonchev–Trinajstić information content (AvgIpc) is 2.75. The van der Waals surface area contributed by atoms with Crippen molar-refractivity contribution in [3.05, 3.63) is 5.92 Å². The van der Waals surface area contributed by atoms with Gasteiger partial charge in [0.25, 0.3) is 0 Å². The molecule has 1 radical (unpaired) electrons. The first kappa shape index (κ1) is 9.47. The minimum absolute atomic E-state index is 0.542. The molecule has 75 valence electrons. The van der Waals surface area contributed by atoms with Crippen molar-refractivity contribution in [2.45, 2.75) is 32.8 Å². The van der Waals surface area contributed by atoms with Crippen molar-refractivity contribution in [2.24, 2.45) is 5.92 Å². The van der Waals surface area contributed by atoms with Crippen LogP contribution in [0.1, 0.15) is 26.7 Å². The zero-order valence-corrected chi connectivity index (χ0v) is 8.75. The first-order valence-corrected chi connectivity index (χ1v) is 5.37. The summed E-state index contributed by atoms with van der Waals surface area (Å²) in [6, 6.07) is 0. The van der Waals surface area contributed by atoms with Gasteiger partial charge in [0.15, 0.2) is 0 Å². The predicted octanol–water partition coefficient (Wildman–Crippen LogP) is 1.71. The third-order valence-corrected chi connectivity index (χ3v) is 2.73. The van der Waals surface area contributed by atoms with Crippen LogP contribution < -0.4 is 0 Å². The fraction of sp³-hybridized carbons (Fsp3) is 0.909. The van der Waals surface area contributed by atoms with E-state index in [2.05, 4.69) is 18.7 Å². The van der Waals surface area contributed by atoms with Crippen LogP contribution in [-0.4, -0.2) is 37.2 Å². The summed E-state index contributed by atoms with van der Waals surface area (Å²) in [7, 11) is 0. The van der Waals surface area contributed by atoms with Gasteiger partial charge in [-0.2, -0.15) is 0 Å². The molecule has 1 heterocycles. The van der Waals surface area contributed by atoms with Crippen LogP contribution in [0.25, 0.3) is 0 Å². The molecule has 0 aromatic rings. The molecule has 1 saturated heterocycles. The highest BCUT2D eigenvalue weighted by Crippen LogP contribution is 2.30. The van der Waals surface area contributed by atoms with Crippen molar-refractivity contribution in [3.8, 4) is 0 Å². The molecule has 0 aromatic heterocycles. The van der Waals surface area contributed by atoms with Crippen LogP contribution in [0.4, 0.5) is 0 Å². The molecule has 1 saturated carbocycles. The van der Waals surface area contributed by atoms with Gasteiger partial charge in [0, 0.05) is 26.2 Å². The normalized spacial score (nSPS) is 25.2. The van der Waals surface area contributed by atoms with E-state index in [0.717, 1.165) is 32.2 Å². The van der Waals surface area contributed by atoms with E-state index in [-0.39, 0.29) is 0 Å². The number of ether oxygens (including phenoxy) is 1. The van der Waals surface area contributed by atoms with E-state index in [1.807, 2.05) is 0 Å². The summed E-state index contributed by atoms with van der Waals surface area (Å²) in [6.45, 7) is 8.86. The molecule has 2 rings (SSSR count). The van der Waals surface area contributed by atoms with Gasteiger partial charge >= 0.3 is 0 Å². The molecule has 0 unspecified atom stereocenters. The van der Waals surface area contributed by atoms with Crippen molar-refractivity contribution in [1.82, 2.24) is 4.90 Å². The number of nitrogens with zero attached hydrogens (tertiary/aromatic N) is 1. The van der Waals surface area contributed by atoms with E-state index in [1.165, 1.54) is 18.8 Å². The molecule has 2 nitrogen and oxygen atoms in total. The number of hydrogen-bond donors (Lipinski definition) is 0. The maximum Gasteiger partial charge on any atom is 0.0828 e. The summed E-state index contributed by atoms with van der Waals surface area (Å²) in [4.78, 5) is 2.45. The first-order valence-electron chi connectivity index (χ1n) is 5.37. The number of hydrogen-bond acceptors (Lipinski definition) is 2. The van der Waals surface area contributed by atoms with Crippen molar-refractivity contribution in [3.63, 3.8) is 0 Å². The number of rotatable bonds is 5. The van der Waals surface area contributed by atoms with E-state index < -0.39 is 0 Å². The van der Waals surface area contributed by atoms with Gasteiger partial charge < -0.3 is 4.74 Å². The standard InChI is InChI=1S/C11H20NO/c1-9(2)5-12-6-11(7-12)13-8-10-3-4-10/h10-11H,3-8H2,1-2H3. The lowest BCUT2D eigenvalue weighted by Crippen LogP contribution is -2.53. The summed E-state index contributed by atoms with van der Waals surface area (Å²) >= 11 is 0. The molecule has 0 aromatic carbocycles. The minimum atomic E-state index is 0.542. The Morgan fingerprint density at radius 1 is 1.31 bits per heavy atom. The largest absolute Gasteiger partial charge is 0.375 e. The monoisotopic (exact) mass is 182 g/mol. The molecule has 13 heavy (non-hydrogen) atoms. The van der Waals surface area contributed by atoms with Crippen molar-refractivity contribution in [2.75, 3.05) is 26.2 Å². The molecular formula is C11H20NO. The Morgan fingerprint density at radius 2 is 2.00 bits per heavy atom. The third-order valence-electron chi connectivity index (χ3n) is 2.73. The summed E-state index contributed by atoms with van der Waals surface area (Å²) in [5.41, 5.74) is 0. The minimum Gasteiger partial charge on any atom is -0.375 e. The molecule has 0 bridgehead atoms. The van der Waals surface area contributed by atoms with E-state index >= 15 is 0 Å². The molecule has 0 N–H and O–H groups in total. The fourth-order valence-corrected chi connectivity index (χ4v) is 1.76. The zero-order chi connectivity index (χ0) is 9.26. The molecule has 2 aliphatic rings. The SMILES string of the molecule is C[C](C)CN1CC(OCC2CC2)C1. The predicted molar refractivity (Wildman–Crippen MR) is 53.5 cm³/mol. The Bertz CT molecular complexity index is 159. The van der Waals surface area contributed by atoms with Crippen molar-refractivity contribution < 1.29 is 4.74 Å². The summed E-state index contributed by atoms with van der Waals surface area (Å²) < 4.78 is 5.76. The average molecular weight is 182 g/mol. The first-order chi connectivity index (χ1) is 6.24. The maximum absolute atomic E-state index is 5.76. The lowest BCUT2D eigenvalue weighted by atomic mass is 10.1. The van der Waals surface area contributed by atoms with Crippen molar-refractivity contribution in [1.29, 1.82) is 0 Å². The third kappa shape index (κ3) is 2.96. The van der Waals surface area contributed by atoms with E-state index in [9.17, 15) is 0 Å². The fourth-order valence-electron chi connectivity index (χ4n) is 1.76. The zero-order valence-electron chi connectivity index (χ0n) is 8.75. The second kappa shape index (κ2) is 3.97. The molecule has 0 spiro atoms. The van der Waals surface area contributed by atoms with Gasteiger partial charge in [-0.3, -0.25) is 4.90 Å². The summed E-state index contributed by atoms with van der Waals surface area (Å²) in [5, 5.41) is 0. The quantitative estimate of drug-likeness (QED) is 0.642. The smallest absolute Gasteiger partial charge is 0.0828 e. The molecular weight excluding hydrogens is 162 g/mol. The van der Waals surface area contributed by atoms with Gasteiger partial charge in [-0.15, -0.1) is 0 Å². The lowest BCUT2D eigenvalue weighted by Gasteiger charge is -2.39. The van der Waals surface area contributed by atoms with E-state index in [0.29, 0.717) is 6.10 Å². The Morgan fingerprint density at radius 3 is 2.54 bits per heavy atom. The van der Waals surface area contributed by atoms with Crippen LogP contribution in [0.15, 0.2) is 0 Å². The highest BCUT2D eigenvalue weighted by Gasteiger charge is 2.30. The molecule has 0 atom stereocenters. The molecule has 1 aliphatic heterocycles. The Kier molecular flexibility index (Phi) is 2.89. The second-order valence-electron chi connectivity index (χ2n) is 4.80. The Hall–Kier alpha value is -0.0800. The van der Waals surface area contributed by atoms with Crippen LogP contribution >= 0.6 is 0 Å². The van der Waals surface area contributed by atoms with Crippen LogP contribution in [0.2, 0.25) is 0 Å². The van der Waals surface area contributed by atoms with E-state index in [1.54, 1.807) is 0 Å². The van der Waals surface area contributed by atoms with Gasteiger partial charge in [0.1, 0.15) is 0 Å². The Labute approximate surface area is 81.3 Å². The number of likely N-dealkylation sites (tertiary alicyclic amines) is 1. The van der Waals surface area contributed by atoms with Gasteiger partial charge in [-0.25, -0.2) is 0 Å². The molecule has 0 amide bonds. The van der Waals surface area contributed by atoms with Crippen LogP contribution in [0.5, 0.6) is 0 Å². The van der Waals surface area contributed by atoms with Gasteiger partial charge in [-0.05, 0) is 24.7 Å². The highest BCUT2D eigenvalue weighted by atomic mass is 16.5. The molecule has 2 heteroatoms. The van der Waals surface area contributed by atoms with Gasteiger partial charge in [-0.1, -0.05) is 13.8 Å². The van der Waals surface area contributed by atoms with Gasteiger partial charge in [0.05, 0.1) is 6.10 Å². The van der Waals surface area contributed by atoms with Crippen LogP contribution in [0.3, 0.4) is 0 Å². The maximum atomic E-state index is 5.76. The lowest BCUT2D eigenvalue weighted by molar-refractivity contribution is -0.0557. The van der Waals surface area contributed by atoms with Crippen LogP contribution in [-0.2, 0) is 4.74 Å². The second-order valence-corrected chi connectivity index (χ2v) is 4.80.